The molecule has 4 heterocycles. The van der Waals surface area contributed by atoms with Gasteiger partial charge >= 0.3 is 0 Å². The Morgan fingerprint density at radius 2 is 2.04 bits per heavy atom. The van der Waals surface area contributed by atoms with Gasteiger partial charge in [-0.3, -0.25) is 9.78 Å². The standard InChI is InChI=1S/C20H20N4O2/c1-12-18-15(11-16(13-4-5-13)22-19(18)26-23-12)20(25)24-10-2-3-17(24)14-6-8-21-9-7-14/h6-9,11,13,17H,2-5,10H2,1H3. The van der Waals surface area contributed by atoms with Crippen molar-refractivity contribution in [2.45, 2.75) is 44.6 Å². The average molecular weight is 348 g/mol. The summed E-state index contributed by atoms with van der Waals surface area (Å²) in [4.78, 5) is 24.2. The van der Waals surface area contributed by atoms with Crippen molar-refractivity contribution in [2.24, 2.45) is 0 Å². The predicted octanol–water partition coefficient (Wildman–Crippen LogP) is 3.78. The maximum Gasteiger partial charge on any atom is 0.259 e. The minimum Gasteiger partial charge on any atom is -0.336 e. The first-order chi connectivity index (χ1) is 12.7. The fourth-order valence-corrected chi connectivity index (χ4v) is 3.97. The molecule has 3 aromatic rings. The van der Waals surface area contributed by atoms with Gasteiger partial charge in [0.15, 0.2) is 0 Å². The molecule has 5 rings (SSSR count). The number of amides is 1. The molecule has 1 saturated carbocycles. The number of carbonyl (C=O) groups is 1. The van der Waals surface area contributed by atoms with Crippen molar-refractivity contribution in [1.29, 1.82) is 0 Å². The molecule has 6 nitrogen and oxygen atoms in total. The molecule has 0 radical (unpaired) electrons. The first-order valence-electron chi connectivity index (χ1n) is 9.20. The monoisotopic (exact) mass is 348 g/mol. The van der Waals surface area contributed by atoms with Crippen LogP contribution in [0.1, 0.15) is 65.0 Å². The van der Waals surface area contributed by atoms with E-state index in [4.69, 9.17) is 4.52 Å². The zero-order chi connectivity index (χ0) is 17.7. The Morgan fingerprint density at radius 1 is 1.23 bits per heavy atom. The maximum atomic E-state index is 13.5. The number of nitrogens with zero attached hydrogens (tertiary/aromatic N) is 4. The van der Waals surface area contributed by atoms with E-state index in [1.165, 1.54) is 0 Å². The summed E-state index contributed by atoms with van der Waals surface area (Å²) in [5.74, 6) is 0.496. The number of pyridine rings is 2. The van der Waals surface area contributed by atoms with E-state index < -0.39 is 0 Å². The van der Waals surface area contributed by atoms with E-state index in [1.54, 1.807) is 12.4 Å². The summed E-state index contributed by atoms with van der Waals surface area (Å²) in [6.45, 7) is 2.63. The van der Waals surface area contributed by atoms with Crippen LogP contribution in [0, 0.1) is 6.92 Å². The summed E-state index contributed by atoms with van der Waals surface area (Å²) in [5, 5.41) is 4.80. The van der Waals surface area contributed by atoms with Crippen LogP contribution in [0.2, 0.25) is 0 Å². The molecular weight excluding hydrogens is 328 g/mol. The number of hydrogen-bond acceptors (Lipinski definition) is 5. The van der Waals surface area contributed by atoms with Crippen LogP contribution >= 0.6 is 0 Å². The molecule has 1 aliphatic heterocycles. The molecule has 1 unspecified atom stereocenters. The Hall–Kier alpha value is -2.76. The Labute approximate surface area is 151 Å². The van der Waals surface area contributed by atoms with Crippen molar-refractivity contribution >= 4 is 17.0 Å². The number of aryl methyl sites for hydroxylation is 1. The fraction of sp³-hybridized carbons (Fsp3) is 0.400. The second kappa shape index (κ2) is 5.90. The molecule has 1 saturated heterocycles. The quantitative estimate of drug-likeness (QED) is 0.720. The number of fused-ring (bicyclic) bond motifs is 1. The molecule has 1 aliphatic carbocycles. The molecule has 132 valence electrons. The van der Waals surface area contributed by atoms with Crippen LogP contribution in [-0.4, -0.2) is 32.5 Å². The van der Waals surface area contributed by atoms with Gasteiger partial charge in [0, 0.05) is 30.6 Å². The summed E-state index contributed by atoms with van der Waals surface area (Å²) < 4.78 is 5.39. The highest BCUT2D eigenvalue weighted by molar-refractivity contribution is 6.06. The molecule has 6 heteroatoms. The van der Waals surface area contributed by atoms with Crippen LogP contribution in [0.15, 0.2) is 35.1 Å². The first-order valence-corrected chi connectivity index (χ1v) is 9.20. The second-order valence-corrected chi connectivity index (χ2v) is 7.25. The molecule has 26 heavy (non-hydrogen) atoms. The van der Waals surface area contributed by atoms with E-state index in [2.05, 4.69) is 15.1 Å². The van der Waals surface area contributed by atoms with Crippen molar-refractivity contribution in [3.63, 3.8) is 0 Å². The van der Waals surface area contributed by atoms with E-state index in [1.807, 2.05) is 30.0 Å². The third-order valence-electron chi connectivity index (χ3n) is 5.47. The zero-order valence-corrected chi connectivity index (χ0v) is 14.7. The average Bonchev–Trinajstić information content (AvgIpc) is 3.30. The van der Waals surface area contributed by atoms with Gasteiger partial charge in [-0.05, 0) is 56.4 Å². The third-order valence-corrected chi connectivity index (χ3v) is 5.47. The van der Waals surface area contributed by atoms with Crippen molar-refractivity contribution in [3.05, 3.63) is 53.1 Å². The highest BCUT2D eigenvalue weighted by Crippen LogP contribution is 2.41. The zero-order valence-electron chi connectivity index (χ0n) is 14.7. The van der Waals surface area contributed by atoms with Crippen LogP contribution in [0.25, 0.3) is 11.1 Å². The summed E-state index contributed by atoms with van der Waals surface area (Å²) in [7, 11) is 0. The number of hydrogen-bond donors (Lipinski definition) is 0. The fourth-order valence-electron chi connectivity index (χ4n) is 3.97. The minimum atomic E-state index is 0.0462. The molecule has 1 atom stereocenters. The highest BCUT2D eigenvalue weighted by atomic mass is 16.5. The summed E-state index contributed by atoms with van der Waals surface area (Å²) >= 11 is 0. The molecular formula is C20H20N4O2. The van der Waals surface area contributed by atoms with Crippen LogP contribution < -0.4 is 0 Å². The smallest absolute Gasteiger partial charge is 0.259 e. The van der Waals surface area contributed by atoms with E-state index >= 15 is 0 Å². The predicted molar refractivity (Wildman–Crippen MR) is 95.8 cm³/mol. The van der Waals surface area contributed by atoms with Gasteiger partial charge in [-0.15, -0.1) is 0 Å². The molecule has 0 bridgehead atoms. The first kappa shape index (κ1) is 15.5. The van der Waals surface area contributed by atoms with E-state index in [-0.39, 0.29) is 11.9 Å². The molecule has 2 fully saturated rings. The van der Waals surface area contributed by atoms with Gasteiger partial charge in [0.25, 0.3) is 11.6 Å². The van der Waals surface area contributed by atoms with Crippen LogP contribution in [0.4, 0.5) is 0 Å². The molecule has 0 spiro atoms. The number of likely N-dealkylation sites (tertiary alicyclic amines) is 1. The molecule has 0 N–H and O–H groups in total. The van der Waals surface area contributed by atoms with E-state index in [0.717, 1.165) is 54.6 Å². The molecule has 2 aliphatic rings. The van der Waals surface area contributed by atoms with Gasteiger partial charge in [-0.1, -0.05) is 5.16 Å². The number of carbonyl (C=O) groups excluding carboxylic acids is 1. The van der Waals surface area contributed by atoms with Crippen molar-refractivity contribution in [1.82, 2.24) is 20.0 Å². The lowest BCUT2D eigenvalue weighted by atomic mass is 10.0. The largest absolute Gasteiger partial charge is 0.336 e. The highest BCUT2D eigenvalue weighted by Gasteiger charge is 2.34. The van der Waals surface area contributed by atoms with Crippen molar-refractivity contribution in [3.8, 4) is 0 Å². The van der Waals surface area contributed by atoms with Crippen molar-refractivity contribution in [2.75, 3.05) is 6.54 Å². The third kappa shape index (κ3) is 2.48. The lowest BCUT2D eigenvalue weighted by Crippen LogP contribution is -2.31. The number of rotatable bonds is 3. The Morgan fingerprint density at radius 3 is 2.81 bits per heavy atom. The SMILES string of the molecule is Cc1noc2nc(C3CC3)cc(C(=O)N3CCCC3c3ccncc3)c12. The van der Waals surface area contributed by atoms with E-state index in [9.17, 15) is 4.79 Å². The number of aromatic nitrogens is 3. The maximum absolute atomic E-state index is 13.5. The van der Waals surface area contributed by atoms with Gasteiger partial charge in [0.1, 0.15) is 0 Å². The second-order valence-electron chi connectivity index (χ2n) is 7.25. The normalized spacial score (nSPS) is 20.0. The van der Waals surface area contributed by atoms with Crippen LogP contribution in [0.3, 0.4) is 0 Å². The molecule has 3 aromatic heterocycles. The Bertz CT molecular complexity index is 978. The van der Waals surface area contributed by atoms with Gasteiger partial charge in [0.2, 0.25) is 0 Å². The molecule has 0 aromatic carbocycles. The Balaban J connectivity index is 1.58. The summed E-state index contributed by atoms with van der Waals surface area (Å²) in [6, 6.07) is 6.06. The lowest BCUT2D eigenvalue weighted by molar-refractivity contribution is 0.0737. The Kier molecular flexibility index (Phi) is 3.51. The van der Waals surface area contributed by atoms with Gasteiger partial charge in [-0.25, -0.2) is 4.98 Å². The van der Waals surface area contributed by atoms with Gasteiger partial charge < -0.3 is 9.42 Å². The van der Waals surface area contributed by atoms with Gasteiger partial charge in [0.05, 0.1) is 22.7 Å². The van der Waals surface area contributed by atoms with Crippen LogP contribution in [0.5, 0.6) is 0 Å². The minimum absolute atomic E-state index is 0.0462. The topological polar surface area (TPSA) is 72.1 Å². The summed E-state index contributed by atoms with van der Waals surface area (Å²) in [5.41, 5.74) is 3.97. The summed E-state index contributed by atoms with van der Waals surface area (Å²) in [6.07, 6.45) is 7.81. The van der Waals surface area contributed by atoms with Crippen LogP contribution in [-0.2, 0) is 0 Å². The van der Waals surface area contributed by atoms with E-state index in [0.29, 0.717) is 17.2 Å². The van der Waals surface area contributed by atoms with Gasteiger partial charge in [-0.2, -0.15) is 0 Å². The lowest BCUT2D eigenvalue weighted by Gasteiger charge is -2.25. The molecule has 1 amide bonds. The van der Waals surface area contributed by atoms with Crippen molar-refractivity contribution < 1.29 is 9.32 Å².